The van der Waals surface area contributed by atoms with Crippen LogP contribution in [0, 0.1) is 0 Å². The van der Waals surface area contributed by atoms with Gasteiger partial charge in [0.15, 0.2) is 0 Å². The van der Waals surface area contributed by atoms with E-state index in [0.29, 0.717) is 6.61 Å². The molecule has 0 amide bonds. The lowest BCUT2D eigenvalue weighted by Crippen LogP contribution is -2.65. The Hall–Kier alpha value is -0.170. The molecule has 90 valence electrons. The second-order valence-electron chi connectivity index (χ2n) is 4.13. The molecule has 1 aliphatic rings. The summed E-state index contributed by atoms with van der Waals surface area (Å²) in [5.74, 6) is 0. The van der Waals surface area contributed by atoms with E-state index in [9.17, 15) is 8.42 Å². The lowest BCUT2D eigenvalue weighted by molar-refractivity contribution is -0.0248. The second kappa shape index (κ2) is 4.78. The van der Waals surface area contributed by atoms with Crippen molar-refractivity contribution in [1.29, 1.82) is 0 Å². The van der Waals surface area contributed by atoms with Gasteiger partial charge in [0.05, 0.1) is 17.4 Å². The third-order valence-electron chi connectivity index (χ3n) is 2.67. The third-order valence-corrected chi connectivity index (χ3v) is 4.51. The van der Waals surface area contributed by atoms with Crippen LogP contribution in [0.1, 0.15) is 27.2 Å². The first-order valence-electron chi connectivity index (χ1n) is 5.26. The molecule has 3 atom stereocenters. The lowest BCUT2D eigenvalue weighted by Gasteiger charge is -2.42. The molecule has 0 spiro atoms. The fourth-order valence-corrected chi connectivity index (χ4v) is 2.49. The van der Waals surface area contributed by atoms with Crippen LogP contribution in [-0.2, 0) is 14.8 Å². The first-order valence-corrected chi connectivity index (χ1v) is 6.81. The maximum Gasteiger partial charge on any atom is 0.214 e. The number of sulfonamides is 1. The van der Waals surface area contributed by atoms with Crippen LogP contribution in [0.25, 0.3) is 0 Å². The van der Waals surface area contributed by atoms with Gasteiger partial charge in [0, 0.05) is 12.6 Å². The quantitative estimate of drug-likeness (QED) is 0.694. The molecule has 0 aromatic carbocycles. The molecule has 15 heavy (non-hydrogen) atoms. The highest BCUT2D eigenvalue weighted by Crippen LogP contribution is 2.23. The van der Waals surface area contributed by atoms with Gasteiger partial charge in [0.1, 0.15) is 0 Å². The zero-order valence-corrected chi connectivity index (χ0v) is 10.3. The Bertz CT molecular complexity index is 300. The monoisotopic (exact) mass is 236 g/mol. The van der Waals surface area contributed by atoms with Gasteiger partial charge in [-0.2, -0.15) is 0 Å². The van der Waals surface area contributed by atoms with E-state index < -0.39 is 15.3 Å². The minimum atomic E-state index is -3.25. The minimum Gasteiger partial charge on any atom is -0.377 e. The van der Waals surface area contributed by atoms with Crippen LogP contribution >= 0.6 is 0 Å². The number of hydrogen-bond acceptors (Lipinski definition) is 4. The SMILES string of the molecule is CCOC1CC(N)C1NS(=O)(=O)C(C)C. The topological polar surface area (TPSA) is 81.4 Å². The van der Waals surface area contributed by atoms with Crippen LogP contribution in [0.5, 0.6) is 0 Å². The van der Waals surface area contributed by atoms with Crippen LogP contribution < -0.4 is 10.5 Å². The summed E-state index contributed by atoms with van der Waals surface area (Å²) in [7, 11) is -3.25. The lowest BCUT2D eigenvalue weighted by atomic mass is 9.84. The van der Waals surface area contributed by atoms with Crippen molar-refractivity contribution >= 4 is 10.0 Å². The van der Waals surface area contributed by atoms with E-state index >= 15 is 0 Å². The van der Waals surface area contributed by atoms with E-state index in [1.54, 1.807) is 13.8 Å². The van der Waals surface area contributed by atoms with Crippen molar-refractivity contribution in [3.8, 4) is 0 Å². The average molecular weight is 236 g/mol. The molecule has 5 nitrogen and oxygen atoms in total. The summed E-state index contributed by atoms with van der Waals surface area (Å²) in [4.78, 5) is 0. The molecule has 0 aromatic heterocycles. The second-order valence-corrected chi connectivity index (χ2v) is 6.40. The molecule has 0 aromatic rings. The summed E-state index contributed by atoms with van der Waals surface area (Å²) in [5, 5.41) is -0.437. The Kier molecular flexibility index (Phi) is 4.11. The molecule has 0 heterocycles. The van der Waals surface area contributed by atoms with E-state index in [1.165, 1.54) is 0 Å². The molecule has 0 aliphatic heterocycles. The molecule has 3 N–H and O–H groups in total. The molecule has 1 aliphatic carbocycles. The van der Waals surface area contributed by atoms with Crippen molar-refractivity contribution in [2.24, 2.45) is 5.73 Å². The highest BCUT2D eigenvalue weighted by molar-refractivity contribution is 7.90. The van der Waals surface area contributed by atoms with E-state index in [0.717, 1.165) is 6.42 Å². The van der Waals surface area contributed by atoms with Gasteiger partial charge in [-0.25, -0.2) is 13.1 Å². The summed E-state index contributed by atoms with van der Waals surface area (Å²) in [6.07, 6.45) is 0.651. The highest BCUT2D eigenvalue weighted by atomic mass is 32.2. The molecule has 6 heteroatoms. The standard InChI is InChI=1S/C9H20N2O3S/c1-4-14-8-5-7(10)9(8)11-15(12,13)6(2)3/h6-9,11H,4-5,10H2,1-3H3. The van der Waals surface area contributed by atoms with Crippen LogP contribution in [0.3, 0.4) is 0 Å². The van der Waals surface area contributed by atoms with Crippen molar-refractivity contribution < 1.29 is 13.2 Å². The number of hydrogen-bond donors (Lipinski definition) is 2. The normalized spacial score (nSPS) is 31.7. The maximum atomic E-state index is 11.6. The zero-order valence-electron chi connectivity index (χ0n) is 9.43. The van der Waals surface area contributed by atoms with E-state index in [1.807, 2.05) is 6.92 Å². The molecular formula is C9H20N2O3S. The molecule has 0 radical (unpaired) electrons. The van der Waals surface area contributed by atoms with Crippen molar-refractivity contribution in [3.63, 3.8) is 0 Å². The molecule has 1 fully saturated rings. The largest absolute Gasteiger partial charge is 0.377 e. The van der Waals surface area contributed by atoms with Crippen molar-refractivity contribution in [3.05, 3.63) is 0 Å². The van der Waals surface area contributed by atoms with Gasteiger partial charge >= 0.3 is 0 Å². The van der Waals surface area contributed by atoms with Crippen molar-refractivity contribution in [2.45, 2.75) is 50.6 Å². The number of nitrogens with one attached hydrogen (secondary N) is 1. The summed E-state index contributed by atoms with van der Waals surface area (Å²) in [6.45, 7) is 5.75. The Balaban J connectivity index is 2.57. The molecule has 1 saturated carbocycles. The van der Waals surface area contributed by atoms with Gasteiger partial charge in [-0.05, 0) is 27.2 Å². The number of rotatable bonds is 5. The van der Waals surface area contributed by atoms with Gasteiger partial charge in [-0.15, -0.1) is 0 Å². The summed E-state index contributed by atoms with van der Waals surface area (Å²) >= 11 is 0. The summed E-state index contributed by atoms with van der Waals surface area (Å²) in [6, 6.07) is -0.396. The third kappa shape index (κ3) is 2.90. The van der Waals surface area contributed by atoms with Crippen LogP contribution in [0.2, 0.25) is 0 Å². The molecule has 0 saturated heterocycles. The van der Waals surface area contributed by atoms with E-state index in [2.05, 4.69) is 4.72 Å². The van der Waals surface area contributed by atoms with Gasteiger partial charge in [-0.3, -0.25) is 0 Å². The molecule has 3 unspecified atom stereocenters. The number of nitrogens with two attached hydrogens (primary N) is 1. The fraction of sp³-hybridized carbons (Fsp3) is 1.00. The minimum absolute atomic E-state index is 0.0708. The van der Waals surface area contributed by atoms with Gasteiger partial charge in [0.2, 0.25) is 10.0 Å². The smallest absolute Gasteiger partial charge is 0.214 e. The first-order chi connectivity index (χ1) is 6.88. The fourth-order valence-electron chi connectivity index (χ4n) is 1.52. The molecule has 1 rings (SSSR count). The molecule has 0 bridgehead atoms. The van der Waals surface area contributed by atoms with Gasteiger partial charge < -0.3 is 10.5 Å². The van der Waals surface area contributed by atoms with Crippen LogP contribution in [0.4, 0.5) is 0 Å². The zero-order chi connectivity index (χ0) is 11.6. The van der Waals surface area contributed by atoms with Crippen LogP contribution in [-0.4, -0.2) is 38.5 Å². The first kappa shape index (κ1) is 12.9. The van der Waals surface area contributed by atoms with E-state index in [4.69, 9.17) is 10.5 Å². The van der Waals surface area contributed by atoms with Gasteiger partial charge in [-0.1, -0.05) is 0 Å². The highest BCUT2D eigenvalue weighted by Gasteiger charge is 2.42. The predicted octanol–water partition coefficient (Wildman–Crippen LogP) is -0.181. The van der Waals surface area contributed by atoms with Crippen molar-refractivity contribution in [2.75, 3.05) is 6.61 Å². The Morgan fingerprint density at radius 1 is 1.53 bits per heavy atom. The Labute approximate surface area is 91.4 Å². The maximum absolute atomic E-state index is 11.6. The van der Waals surface area contributed by atoms with Gasteiger partial charge in [0.25, 0.3) is 0 Å². The Morgan fingerprint density at radius 3 is 2.53 bits per heavy atom. The van der Waals surface area contributed by atoms with Crippen LogP contribution in [0.15, 0.2) is 0 Å². The number of ether oxygens (including phenoxy) is 1. The van der Waals surface area contributed by atoms with E-state index in [-0.39, 0.29) is 18.2 Å². The predicted molar refractivity (Wildman–Crippen MR) is 59.0 cm³/mol. The Morgan fingerprint density at radius 2 is 2.13 bits per heavy atom. The van der Waals surface area contributed by atoms with Crippen molar-refractivity contribution in [1.82, 2.24) is 4.72 Å². The molecular weight excluding hydrogens is 216 g/mol. The summed E-state index contributed by atoms with van der Waals surface area (Å²) < 4.78 is 31.2. The average Bonchev–Trinajstić information content (AvgIpc) is 2.14. The summed E-state index contributed by atoms with van der Waals surface area (Å²) in [5.41, 5.74) is 5.74.